The van der Waals surface area contributed by atoms with E-state index in [2.05, 4.69) is 4.90 Å². The summed E-state index contributed by atoms with van der Waals surface area (Å²) < 4.78 is 5.04. The van der Waals surface area contributed by atoms with Gasteiger partial charge in [-0.2, -0.15) is 0 Å². The van der Waals surface area contributed by atoms with Crippen LogP contribution < -0.4 is 0 Å². The van der Waals surface area contributed by atoms with E-state index in [1.807, 2.05) is 0 Å². The molecule has 64 valence electrons. The lowest BCUT2D eigenvalue weighted by Gasteiger charge is -2.11. The lowest BCUT2D eigenvalue weighted by Crippen LogP contribution is -2.23. The molecule has 3 heteroatoms. The second-order valence-electron chi connectivity index (χ2n) is 3.04. The van der Waals surface area contributed by atoms with Crippen LogP contribution in [0.15, 0.2) is 0 Å². The molecule has 0 aromatic rings. The van der Waals surface area contributed by atoms with Crippen molar-refractivity contribution in [3.8, 4) is 0 Å². The van der Waals surface area contributed by atoms with Crippen molar-refractivity contribution in [2.45, 2.75) is 6.42 Å². The molecule has 1 unspecified atom stereocenters. The van der Waals surface area contributed by atoms with Gasteiger partial charge in [0.25, 0.3) is 0 Å². The minimum absolute atomic E-state index is 0.584. The number of carbonyl (C=O) groups is 1. The van der Waals surface area contributed by atoms with Gasteiger partial charge in [-0.25, -0.2) is 0 Å². The van der Waals surface area contributed by atoms with Crippen LogP contribution in [0.2, 0.25) is 0 Å². The molecule has 0 spiro atoms. The zero-order valence-electron chi connectivity index (χ0n) is 6.95. The van der Waals surface area contributed by atoms with E-state index in [9.17, 15) is 4.79 Å². The maximum absolute atomic E-state index is 10.2. The monoisotopic (exact) mass is 157 g/mol. The smallest absolute Gasteiger partial charge is 0.133 e. The highest BCUT2D eigenvalue weighted by atomic mass is 16.5. The molecule has 0 bridgehead atoms. The van der Waals surface area contributed by atoms with E-state index in [4.69, 9.17) is 4.74 Å². The highest BCUT2D eigenvalue weighted by molar-refractivity contribution is 5.52. The van der Waals surface area contributed by atoms with Crippen molar-refractivity contribution < 1.29 is 9.53 Å². The van der Waals surface area contributed by atoms with Gasteiger partial charge in [-0.05, 0) is 18.9 Å². The van der Waals surface area contributed by atoms with Crippen LogP contribution in [0.4, 0.5) is 0 Å². The number of nitrogens with zero attached hydrogens (tertiary/aromatic N) is 1. The standard InChI is InChI=1S/C8H15NO2/c1-11-7-8-2-3-9(6-8)4-5-10/h5,8H,2-4,6-7H2,1H3. The first-order chi connectivity index (χ1) is 5.36. The fourth-order valence-electron chi connectivity index (χ4n) is 1.56. The number of ether oxygens (including phenoxy) is 1. The summed E-state index contributed by atoms with van der Waals surface area (Å²) in [4.78, 5) is 12.3. The first-order valence-corrected chi connectivity index (χ1v) is 4.01. The third kappa shape index (κ3) is 2.60. The summed E-state index contributed by atoms with van der Waals surface area (Å²) in [5.41, 5.74) is 0. The predicted octanol–water partition coefficient (Wildman–Crippen LogP) is 0.154. The molecule has 0 saturated carbocycles. The van der Waals surface area contributed by atoms with Gasteiger partial charge in [-0.15, -0.1) is 0 Å². The molecule has 1 atom stereocenters. The minimum atomic E-state index is 0.584. The molecule has 0 aromatic heterocycles. The van der Waals surface area contributed by atoms with E-state index < -0.39 is 0 Å². The third-order valence-corrected chi connectivity index (χ3v) is 2.11. The second-order valence-corrected chi connectivity index (χ2v) is 3.04. The Morgan fingerprint density at radius 1 is 1.73 bits per heavy atom. The molecule has 1 heterocycles. The summed E-state index contributed by atoms with van der Waals surface area (Å²) in [5.74, 6) is 0.639. The molecule has 0 aromatic carbocycles. The van der Waals surface area contributed by atoms with Crippen LogP contribution in [-0.2, 0) is 9.53 Å². The van der Waals surface area contributed by atoms with Crippen LogP contribution in [0.3, 0.4) is 0 Å². The van der Waals surface area contributed by atoms with Gasteiger partial charge >= 0.3 is 0 Å². The van der Waals surface area contributed by atoms with E-state index in [0.717, 1.165) is 26.0 Å². The van der Waals surface area contributed by atoms with Crippen LogP contribution in [0.1, 0.15) is 6.42 Å². The Labute approximate surface area is 67.3 Å². The van der Waals surface area contributed by atoms with Crippen molar-refractivity contribution in [1.82, 2.24) is 4.90 Å². The van der Waals surface area contributed by atoms with E-state index in [-0.39, 0.29) is 0 Å². The van der Waals surface area contributed by atoms with Gasteiger partial charge < -0.3 is 9.53 Å². The molecule has 1 aliphatic rings. The van der Waals surface area contributed by atoms with Crippen molar-refractivity contribution in [1.29, 1.82) is 0 Å². The molecule has 1 aliphatic heterocycles. The Balaban J connectivity index is 2.17. The van der Waals surface area contributed by atoms with E-state index in [0.29, 0.717) is 12.5 Å². The van der Waals surface area contributed by atoms with Crippen molar-refractivity contribution in [2.24, 2.45) is 5.92 Å². The molecule has 1 saturated heterocycles. The minimum Gasteiger partial charge on any atom is -0.384 e. The van der Waals surface area contributed by atoms with Crippen molar-refractivity contribution in [2.75, 3.05) is 33.4 Å². The van der Waals surface area contributed by atoms with Gasteiger partial charge in [0.2, 0.25) is 0 Å². The summed E-state index contributed by atoms with van der Waals surface area (Å²) in [6.45, 7) is 3.48. The number of methoxy groups -OCH3 is 1. The molecular weight excluding hydrogens is 142 g/mol. The SMILES string of the molecule is COCC1CCN(CC=O)C1. The molecule has 0 radical (unpaired) electrons. The van der Waals surface area contributed by atoms with E-state index in [1.54, 1.807) is 7.11 Å². The topological polar surface area (TPSA) is 29.5 Å². The average Bonchev–Trinajstić information content (AvgIpc) is 2.38. The number of hydrogen-bond acceptors (Lipinski definition) is 3. The Morgan fingerprint density at radius 3 is 3.18 bits per heavy atom. The fourth-order valence-corrected chi connectivity index (χ4v) is 1.56. The first kappa shape index (κ1) is 8.68. The molecule has 0 amide bonds. The molecule has 1 fully saturated rings. The molecule has 1 rings (SSSR count). The Bertz CT molecular complexity index is 127. The van der Waals surface area contributed by atoms with Gasteiger partial charge in [-0.3, -0.25) is 4.90 Å². The van der Waals surface area contributed by atoms with Crippen molar-refractivity contribution >= 4 is 6.29 Å². The van der Waals surface area contributed by atoms with E-state index in [1.165, 1.54) is 6.42 Å². The lowest BCUT2D eigenvalue weighted by atomic mass is 10.1. The quantitative estimate of drug-likeness (QED) is 0.544. The normalized spacial score (nSPS) is 25.7. The second kappa shape index (κ2) is 4.46. The van der Waals surface area contributed by atoms with Crippen LogP contribution in [0, 0.1) is 5.92 Å². The number of hydrogen-bond donors (Lipinski definition) is 0. The molecular formula is C8H15NO2. The predicted molar refractivity (Wildman–Crippen MR) is 42.5 cm³/mol. The van der Waals surface area contributed by atoms with Crippen molar-refractivity contribution in [3.63, 3.8) is 0 Å². The Hall–Kier alpha value is -0.410. The van der Waals surface area contributed by atoms with Crippen LogP contribution in [-0.4, -0.2) is 44.5 Å². The Morgan fingerprint density at radius 2 is 2.55 bits per heavy atom. The molecule has 0 aliphatic carbocycles. The van der Waals surface area contributed by atoms with Crippen LogP contribution in [0.25, 0.3) is 0 Å². The molecule has 11 heavy (non-hydrogen) atoms. The third-order valence-electron chi connectivity index (χ3n) is 2.11. The van der Waals surface area contributed by atoms with Crippen LogP contribution in [0.5, 0.6) is 0 Å². The number of carbonyl (C=O) groups excluding carboxylic acids is 1. The highest BCUT2D eigenvalue weighted by Gasteiger charge is 2.21. The van der Waals surface area contributed by atoms with Gasteiger partial charge in [-0.1, -0.05) is 0 Å². The highest BCUT2D eigenvalue weighted by Crippen LogP contribution is 2.14. The fraction of sp³-hybridized carbons (Fsp3) is 0.875. The summed E-state index contributed by atoms with van der Waals surface area (Å²) in [6.07, 6.45) is 2.14. The number of aldehydes is 1. The van der Waals surface area contributed by atoms with Gasteiger partial charge in [0, 0.05) is 13.7 Å². The molecule has 0 N–H and O–H groups in total. The molecule has 3 nitrogen and oxygen atoms in total. The Kier molecular flexibility index (Phi) is 3.52. The van der Waals surface area contributed by atoms with E-state index >= 15 is 0 Å². The van der Waals surface area contributed by atoms with Crippen molar-refractivity contribution in [3.05, 3.63) is 0 Å². The average molecular weight is 157 g/mol. The summed E-state index contributed by atoms with van der Waals surface area (Å²) in [5, 5.41) is 0. The maximum Gasteiger partial charge on any atom is 0.133 e. The zero-order chi connectivity index (χ0) is 8.10. The van der Waals surface area contributed by atoms with Gasteiger partial charge in [0.1, 0.15) is 6.29 Å². The summed E-state index contributed by atoms with van der Waals surface area (Å²) >= 11 is 0. The maximum atomic E-state index is 10.2. The van der Waals surface area contributed by atoms with Gasteiger partial charge in [0.05, 0.1) is 13.2 Å². The first-order valence-electron chi connectivity index (χ1n) is 4.01. The van der Waals surface area contributed by atoms with Gasteiger partial charge in [0.15, 0.2) is 0 Å². The zero-order valence-corrected chi connectivity index (χ0v) is 6.95. The summed E-state index contributed by atoms with van der Waals surface area (Å²) in [6, 6.07) is 0. The lowest BCUT2D eigenvalue weighted by molar-refractivity contribution is -0.108. The largest absolute Gasteiger partial charge is 0.384 e. The number of rotatable bonds is 4. The summed E-state index contributed by atoms with van der Waals surface area (Å²) in [7, 11) is 1.72. The number of likely N-dealkylation sites (tertiary alicyclic amines) is 1. The van der Waals surface area contributed by atoms with Crippen LogP contribution >= 0.6 is 0 Å².